The number of amides is 2. The number of aliphatic carboxylic acids is 1. The Bertz CT molecular complexity index is 337. The van der Waals surface area contributed by atoms with E-state index in [0.717, 1.165) is 0 Å². The first-order chi connectivity index (χ1) is 9.42. The van der Waals surface area contributed by atoms with Gasteiger partial charge in [0.05, 0.1) is 6.61 Å². The van der Waals surface area contributed by atoms with Crippen molar-refractivity contribution in [2.45, 2.75) is 31.3 Å². The highest BCUT2D eigenvalue weighted by Crippen LogP contribution is 2.01. The Morgan fingerprint density at radius 2 is 1.80 bits per heavy atom. The molecule has 0 aliphatic rings. The van der Waals surface area contributed by atoms with Gasteiger partial charge in [0.2, 0.25) is 11.8 Å². The van der Waals surface area contributed by atoms with Gasteiger partial charge in [0.25, 0.3) is 0 Å². The van der Waals surface area contributed by atoms with Gasteiger partial charge in [-0.15, -0.1) is 0 Å². The first-order valence-corrected chi connectivity index (χ1v) is 6.28. The molecule has 20 heavy (non-hydrogen) atoms. The Kier molecular flexibility index (Phi) is 9.26. The van der Waals surface area contributed by atoms with Gasteiger partial charge in [0, 0.05) is 0 Å². The van der Waals surface area contributed by atoms with E-state index < -0.39 is 43.0 Å². The van der Waals surface area contributed by atoms with Gasteiger partial charge in [-0.2, -0.15) is 0 Å². The summed E-state index contributed by atoms with van der Waals surface area (Å²) in [6.45, 7) is -0.625. The normalized spacial score (nSPS) is 13.3. The first-order valence-electron chi connectivity index (χ1n) is 6.28. The summed E-state index contributed by atoms with van der Waals surface area (Å²) < 4.78 is 0. The molecule has 0 saturated heterocycles. The summed E-state index contributed by atoms with van der Waals surface area (Å²) >= 11 is 0. The number of rotatable bonds is 10. The van der Waals surface area contributed by atoms with Crippen molar-refractivity contribution in [2.75, 3.05) is 19.7 Å². The molecule has 2 amide bonds. The lowest BCUT2D eigenvalue weighted by molar-refractivity contribution is -0.138. The van der Waals surface area contributed by atoms with Crippen LogP contribution in [0.5, 0.6) is 0 Å². The summed E-state index contributed by atoms with van der Waals surface area (Å²) in [5.41, 5.74) is 10.7. The number of nitrogens with one attached hydrogen (secondary N) is 2. The molecule has 0 aromatic heterocycles. The number of aliphatic hydroxyl groups is 1. The number of nitrogens with two attached hydrogens (primary N) is 2. The molecular weight excluding hydrogens is 268 g/mol. The molecule has 0 heterocycles. The summed E-state index contributed by atoms with van der Waals surface area (Å²) in [5.74, 6) is -2.46. The Hall–Kier alpha value is -1.71. The SMILES string of the molecule is NCCCC[C@H](NC(=O)[C@@H](N)CO)C(=O)NCC(=O)O. The highest BCUT2D eigenvalue weighted by molar-refractivity contribution is 5.90. The molecular formula is C11H22N4O5. The number of unbranched alkanes of at least 4 members (excludes halogenated alkanes) is 1. The predicted octanol–water partition coefficient (Wildman–Crippen LogP) is -2.88. The van der Waals surface area contributed by atoms with Gasteiger partial charge in [-0.25, -0.2) is 0 Å². The molecule has 9 heteroatoms. The molecule has 0 unspecified atom stereocenters. The number of carboxylic acid groups (broad SMARTS) is 1. The van der Waals surface area contributed by atoms with Crippen molar-refractivity contribution >= 4 is 17.8 Å². The third-order valence-corrected chi connectivity index (χ3v) is 2.53. The van der Waals surface area contributed by atoms with E-state index in [4.69, 9.17) is 21.7 Å². The van der Waals surface area contributed by atoms with Crippen LogP contribution in [0.25, 0.3) is 0 Å². The van der Waals surface area contributed by atoms with Gasteiger partial charge in [-0.3, -0.25) is 14.4 Å². The molecule has 0 aromatic rings. The molecule has 8 N–H and O–H groups in total. The van der Waals surface area contributed by atoms with Crippen molar-refractivity contribution in [1.82, 2.24) is 10.6 Å². The topological polar surface area (TPSA) is 168 Å². The van der Waals surface area contributed by atoms with Crippen LogP contribution in [-0.4, -0.2) is 59.8 Å². The Labute approximate surface area is 116 Å². The minimum absolute atomic E-state index is 0.312. The maximum absolute atomic E-state index is 11.8. The molecule has 0 aromatic carbocycles. The van der Waals surface area contributed by atoms with E-state index in [2.05, 4.69) is 10.6 Å². The molecule has 116 valence electrons. The zero-order valence-electron chi connectivity index (χ0n) is 11.2. The van der Waals surface area contributed by atoms with Crippen LogP contribution < -0.4 is 22.1 Å². The van der Waals surface area contributed by atoms with Crippen molar-refractivity contribution in [3.8, 4) is 0 Å². The van der Waals surface area contributed by atoms with Crippen LogP contribution >= 0.6 is 0 Å². The number of carbonyl (C=O) groups excluding carboxylic acids is 2. The van der Waals surface area contributed by atoms with Crippen molar-refractivity contribution < 1.29 is 24.6 Å². The molecule has 0 saturated carbocycles. The summed E-state index contributed by atoms with van der Waals surface area (Å²) in [5, 5.41) is 21.8. The van der Waals surface area contributed by atoms with Crippen LogP contribution in [0.1, 0.15) is 19.3 Å². The van der Waals surface area contributed by atoms with E-state index in [1.54, 1.807) is 0 Å². The maximum atomic E-state index is 11.8. The first kappa shape index (κ1) is 18.3. The Morgan fingerprint density at radius 1 is 1.15 bits per heavy atom. The molecule has 9 nitrogen and oxygen atoms in total. The van der Waals surface area contributed by atoms with Gasteiger partial charge in [0.15, 0.2) is 0 Å². The smallest absolute Gasteiger partial charge is 0.322 e. The minimum Gasteiger partial charge on any atom is -0.480 e. The molecule has 0 bridgehead atoms. The quantitative estimate of drug-likeness (QED) is 0.235. The fourth-order valence-corrected chi connectivity index (χ4v) is 1.41. The van der Waals surface area contributed by atoms with Crippen molar-refractivity contribution in [3.63, 3.8) is 0 Å². The van der Waals surface area contributed by atoms with E-state index >= 15 is 0 Å². The Morgan fingerprint density at radius 3 is 2.30 bits per heavy atom. The van der Waals surface area contributed by atoms with E-state index in [1.165, 1.54) is 0 Å². The average Bonchev–Trinajstić information content (AvgIpc) is 2.42. The number of hydrogen-bond donors (Lipinski definition) is 6. The zero-order chi connectivity index (χ0) is 15.5. The molecule has 0 rings (SSSR count). The predicted molar refractivity (Wildman–Crippen MR) is 70.5 cm³/mol. The van der Waals surface area contributed by atoms with Gasteiger partial charge in [-0.1, -0.05) is 0 Å². The highest BCUT2D eigenvalue weighted by Gasteiger charge is 2.23. The summed E-state index contributed by atoms with van der Waals surface area (Å²) in [6, 6.07) is -2.02. The summed E-state index contributed by atoms with van der Waals surface area (Å²) in [7, 11) is 0. The third kappa shape index (κ3) is 7.67. The molecule has 2 atom stereocenters. The largest absolute Gasteiger partial charge is 0.480 e. The maximum Gasteiger partial charge on any atom is 0.322 e. The van der Waals surface area contributed by atoms with Crippen LogP contribution in [-0.2, 0) is 14.4 Å². The third-order valence-electron chi connectivity index (χ3n) is 2.53. The minimum atomic E-state index is -1.18. The van der Waals surface area contributed by atoms with Gasteiger partial charge < -0.3 is 32.3 Å². The molecule has 0 radical (unpaired) electrons. The lowest BCUT2D eigenvalue weighted by atomic mass is 10.1. The number of carbonyl (C=O) groups is 3. The average molecular weight is 290 g/mol. The lowest BCUT2D eigenvalue weighted by Crippen LogP contribution is -2.53. The lowest BCUT2D eigenvalue weighted by Gasteiger charge is -2.19. The molecule has 0 aliphatic heterocycles. The van der Waals surface area contributed by atoms with Crippen molar-refractivity contribution in [2.24, 2.45) is 11.5 Å². The number of aliphatic hydroxyl groups excluding tert-OH is 1. The molecule has 0 aliphatic carbocycles. The van der Waals surface area contributed by atoms with Crippen LogP contribution in [0.3, 0.4) is 0 Å². The van der Waals surface area contributed by atoms with Crippen molar-refractivity contribution in [1.29, 1.82) is 0 Å². The highest BCUT2D eigenvalue weighted by atomic mass is 16.4. The summed E-state index contributed by atoms with van der Waals surface area (Å²) in [6.07, 6.45) is 1.58. The summed E-state index contributed by atoms with van der Waals surface area (Å²) in [4.78, 5) is 33.7. The second-order valence-electron chi connectivity index (χ2n) is 4.25. The van der Waals surface area contributed by atoms with Gasteiger partial charge in [0.1, 0.15) is 18.6 Å². The molecule has 0 spiro atoms. The zero-order valence-corrected chi connectivity index (χ0v) is 11.2. The fraction of sp³-hybridized carbons (Fsp3) is 0.727. The monoisotopic (exact) mass is 290 g/mol. The second kappa shape index (κ2) is 10.1. The van der Waals surface area contributed by atoms with Gasteiger partial charge >= 0.3 is 5.97 Å². The van der Waals surface area contributed by atoms with E-state index in [0.29, 0.717) is 25.8 Å². The second-order valence-corrected chi connectivity index (χ2v) is 4.25. The fourth-order valence-electron chi connectivity index (χ4n) is 1.41. The van der Waals surface area contributed by atoms with Gasteiger partial charge in [-0.05, 0) is 25.8 Å². The van der Waals surface area contributed by atoms with Crippen LogP contribution in [0.2, 0.25) is 0 Å². The van der Waals surface area contributed by atoms with Crippen molar-refractivity contribution in [3.05, 3.63) is 0 Å². The Balaban J connectivity index is 4.49. The molecule has 0 fully saturated rings. The van der Waals surface area contributed by atoms with E-state index in [1.807, 2.05) is 0 Å². The van der Waals surface area contributed by atoms with E-state index in [9.17, 15) is 14.4 Å². The van der Waals surface area contributed by atoms with Crippen LogP contribution in [0, 0.1) is 0 Å². The number of carboxylic acids is 1. The standard InChI is InChI=1S/C11H22N4O5/c12-4-2-1-3-8(11(20)14-5-9(17)18)15-10(19)7(13)6-16/h7-8,16H,1-6,12-13H2,(H,14,20)(H,15,19)(H,17,18)/t7-,8-/m0/s1. The van der Waals surface area contributed by atoms with Crippen LogP contribution in [0.4, 0.5) is 0 Å². The number of hydrogen-bond acceptors (Lipinski definition) is 6. The van der Waals surface area contributed by atoms with E-state index in [-0.39, 0.29) is 0 Å². The van der Waals surface area contributed by atoms with Crippen LogP contribution in [0.15, 0.2) is 0 Å².